The summed E-state index contributed by atoms with van der Waals surface area (Å²) in [4.78, 5) is 13.1. The molecule has 0 bridgehead atoms. The number of hydrogen-bond donors (Lipinski definition) is 2. The van der Waals surface area contributed by atoms with E-state index >= 15 is 0 Å². The standard InChI is InChI=1S/C11H14N2O3/c12-9-3-1-2-8(11(14)15)10(9)13-4-6-16-7-5-13/h1-3H,4-7,12H2,(H,14,15). The Labute approximate surface area is 93.4 Å². The fraction of sp³-hybridized carbons (Fsp3) is 0.364. The average Bonchev–Trinajstić information content (AvgIpc) is 2.29. The van der Waals surface area contributed by atoms with Gasteiger partial charge < -0.3 is 20.5 Å². The van der Waals surface area contributed by atoms with E-state index in [9.17, 15) is 4.79 Å². The molecule has 1 saturated heterocycles. The maximum absolute atomic E-state index is 11.1. The van der Waals surface area contributed by atoms with Crippen LogP contribution in [0.1, 0.15) is 10.4 Å². The third-order valence-corrected chi connectivity index (χ3v) is 2.62. The lowest BCUT2D eigenvalue weighted by Crippen LogP contribution is -2.37. The molecule has 1 heterocycles. The Hall–Kier alpha value is -1.75. The van der Waals surface area contributed by atoms with Crippen LogP contribution in [-0.2, 0) is 4.74 Å². The van der Waals surface area contributed by atoms with Crippen molar-refractivity contribution < 1.29 is 14.6 Å². The summed E-state index contributed by atoms with van der Waals surface area (Å²) in [6, 6.07) is 4.95. The second-order valence-corrected chi connectivity index (χ2v) is 3.65. The van der Waals surface area contributed by atoms with Crippen LogP contribution in [0.15, 0.2) is 18.2 Å². The van der Waals surface area contributed by atoms with Gasteiger partial charge in [-0.1, -0.05) is 6.07 Å². The van der Waals surface area contributed by atoms with Gasteiger partial charge in [0.2, 0.25) is 0 Å². The minimum absolute atomic E-state index is 0.252. The van der Waals surface area contributed by atoms with Crippen molar-refractivity contribution in [1.29, 1.82) is 0 Å². The maximum Gasteiger partial charge on any atom is 0.337 e. The van der Waals surface area contributed by atoms with Gasteiger partial charge in [-0.2, -0.15) is 0 Å². The molecule has 0 saturated carbocycles. The molecule has 1 aliphatic heterocycles. The van der Waals surface area contributed by atoms with Crippen LogP contribution in [0.2, 0.25) is 0 Å². The molecule has 0 aliphatic carbocycles. The van der Waals surface area contributed by atoms with Crippen molar-refractivity contribution in [2.24, 2.45) is 0 Å². The predicted octanol–water partition coefficient (Wildman–Crippen LogP) is 0.804. The lowest BCUT2D eigenvalue weighted by atomic mass is 10.1. The van der Waals surface area contributed by atoms with Crippen LogP contribution < -0.4 is 10.6 Å². The summed E-state index contributed by atoms with van der Waals surface area (Å²) in [6.45, 7) is 2.56. The number of carboxylic acid groups (broad SMARTS) is 1. The van der Waals surface area contributed by atoms with Gasteiger partial charge in [-0.15, -0.1) is 0 Å². The van der Waals surface area contributed by atoms with Crippen LogP contribution >= 0.6 is 0 Å². The van der Waals surface area contributed by atoms with Crippen molar-refractivity contribution in [2.45, 2.75) is 0 Å². The molecule has 0 amide bonds. The van der Waals surface area contributed by atoms with Gasteiger partial charge in [-0.05, 0) is 12.1 Å². The number of para-hydroxylation sites is 1. The molecule has 1 aliphatic rings. The van der Waals surface area contributed by atoms with Crippen molar-refractivity contribution in [3.8, 4) is 0 Å². The van der Waals surface area contributed by atoms with Gasteiger partial charge in [-0.3, -0.25) is 0 Å². The lowest BCUT2D eigenvalue weighted by molar-refractivity contribution is 0.0696. The van der Waals surface area contributed by atoms with Gasteiger partial charge in [-0.25, -0.2) is 4.79 Å². The molecule has 2 rings (SSSR count). The molecule has 0 spiro atoms. The second-order valence-electron chi connectivity index (χ2n) is 3.65. The first kappa shape index (κ1) is 10.8. The highest BCUT2D eigenvalue weighted by molar-refractivity contribution is 5.98. The molecule has 16 heavy (non-hydrogen) atoms. The molecule has 0 unspecified atom stereocenters. The van der Waals surface area contributed by atoms with Gasteiger partial charge in [0.15, 0.2) is 0 Å². The fourth-order valence-corrected chi connectivity index (χ4v) is 1.87. The highest BCUT2D eigenvalue weighted by Crippen LogP contribution is 2.28. The van der Waals surface area contributed by atoms with Crippen molar-refractivity contribution in [3.05, 3.63) is 23.8 Å². The number of hydrogen-bond acceptors (Lipinski definition) is 4. The summed E-state index contributed by atoms with van der Waals surface area (Å²) in [5.74, 6) is -0.950. The molecular weight excluding hydrogens is 208 g/mol. The smallest absolute Gasteiger partial charge is 0.337 e. The summed E-state index contributed by atoms with van der Waals surface area (Å²) >= 11 is 0. The fourth-order valence-electron chi connectivity index (χ4n) is 1.87. The molecule has 0 radical (unpaired) electrons. The van der Waals surface area contributed by atoms with Gasteiger partial charge in [0, 0.05) is 13.1 Å². The number of carboxylic acids is 1. The molecule has 5 nitrogen and oxygen atoms in total. The van der Waals surface area contributed by atoms with E-state index in [2.05, 4.69) is 0 Å². The summed E-state index contributed by atoms with van der Waals surface area (Å²) in [7, 11) is 0. The minimum atomic E-state index is -0.950. The highest BCUT2D eigenvalue weighted by atomic mass is 16.5. The van der Waals surface area contributed by atoms with Crippen LogP contribution in [0.25, 0.3) is 0 Å². The number of aromatic carboxylic acids is 1. The largest absolute Gasteiger partial charge is 0.478 e. The van der Waals surface area contributed by atoms with Crippen molar-refractivity contribution in [3.63, 3.8) is 0 Å². The Morgan fingerprint density at radius 2 is 2.06 bits per heavy atom. The molecule has 3 N–H and O–H groups in total. The average molecular weight is 222 g/mol. The number of nitrogen functional groups attached to an aromatic ring is 1. The molecule has 86 valence electrons. The van der Waals surface area contributed by atoms with Crippen molar-refractivity contribution >= 4 is 17.3 Å². The van der Waals surface area contributed by atoms with Crippen molar-refractivity contribution in [1.82, 2.24) is 0 Å². The Bertz CT molecular complexity index is 400. The molecular formula is C11H14N2O3. The second kappa shape index (κ2) is 4.40. The SMILES string of the molecule is Nc1cccc(C(=O)O)c1N1CCOCC1. The van der Waals surface area contributed by atoms with Crippen LogP contribution in [-0.4, -0.2) is 37.4 Å². The van der Waals surface area contributed by atoms with Crippen LogP contribution in [0.4, 0.5) is 11.4 Å². The van der Waals surface area contributed by atoms with E-state index in [1.807, 2.05) is 4.90 Å². The summed E-state index contributed by atoms with van der Waals surface area (Å²) in [5.41, 5.74) is 7.21. The molecule has 1 aromatic rings. The number of carbonyl (C=O) groups is 1. The first-order valence-corrected chi connectivity index (χ1v) is 5.14. The topological polar surface area (TPSA) is 75.8 Å². The summed E-state index contributed by atoms with van der Waals surface area (Å²) < 4.78 is 5.23. The van der Waals surface area contributed by atoms with E-state index in [1.165, 1.54) is 0 Å². The van der Waals surface area contributed by atoms with Gasteiger partial charge in [0.05, 0.1) is 30.2 Å². The first-order valence-electron chi connectivity index (χ1n) is 5.14. The number of benzene rings is 1. The quantitative estimate of drug-likeness (QED) is 0.724. The third kappa shape index (κ3) is 1.94. The van der Waals surface area contributed by atoms with E-state index < -0.39 is 5.97 Å². The van der Waals surface area contributed by atoms with Crippen molar-refractivity contribution in [2.75, 3.05) is 36.9 Å². The maximum atomic E-state index is 11.1. The van der Waals surface area contributed by atoms with E-state index in [1.54, 1.807) is 18.2 Å². The Morgan fingerprint density at radius 3 is 2.69 bits per heavy atom. The number of nitrogens with two attached hydrogens (primary N) is 1. The van der Waals surface area contributed by atoms with E-state index in [4.69, 9.17) is 15.6 Å². The van der Waals surface area contributed by atoms with Crippen LogP contribution in [0.5, 0.6) is 0 Å². The first-order chi connectivity index (χ1) is 7.70. The van der Waals surface area contributed by atoms with Gasteiger partial charge >= 0.3 is 5.97 Å². The zero-order chi connectivity index (χ0) is 11.5. The lowest BCUT2D eigenvalue weighted by Gasteiger charge is -2.30. The number of morpholine rings is 1. The van der Waals surface area contributed by atoms with Crippen LogP contribution in [0.3, 0.4) is 0 Å². The number of anilines is 2. The third-order valence-electron chi connectivity index (χ3n) is 2.62. The van der Waals surface area contributed by atoms with E-state index in [0.717, 1.165) is 0 Å². The van der Waals surface area contributed by atoms with Gasteiger partial charge in [0.1, 0.15) is 0 Å². The predicted molar refractivity (Wildman–Crippen MR) is 60.8 cm³/mol. The number of nitrogens with zero attached hydrogens (tertiary/aromatic N) is 1. The molecule has 0 atom stereocenters. The highest BCUT2D eigenvalue weighted by Gasteiger charge is 2.20. The van der Waals surface area contributed by atoms with Crippen LogP contribution in [0, 0.1) is 0 Å². The monoisotopic (exact) mass is 222 g/mol. The number of rotatable bonds is 2. The number of ether oxygens (including phenoxy) is 1. The molecule has 1 aromatic carbocycles. The Morgan fingerprint density at radius 1 is 1.38 bits per heavy atom. The van der Waals surface area contributed by atoms with E-state index in [0.29, 0.717) is 37.7 Å². The van der Waals surface area contributed by atoms with E-state index in [-0.39, 0.29) is 5.56 Å². The Balaban J connectivity index is 2.40. The molecule has 0 aromatic heterocycles. The zero-order valence-corrected chi connectivity index (χ0v) is 8.85. The van der Waals surface area contributed by atoms with Gasteiger partial charge in [0.25, 0.3) is 0 Å². The molecule has 5 heteroatoms. The molecule has 1 fully saturated rings. The normalized spacial score (nSPS) is 16.1. The Kier molecular flexibility index (Phi) is 2.96. The zero-order valence-electron chi connectivity index (χ0n) is 8.85. The minimum Gasteiger partial charge on any atom is -0.478 e. The summed E-state index contributed by atoms with van der Waals surface area (Å²) in [5, 5.41) is 9.11. The summed E-state index contributed by atoms with van der Waals surface area (Å²) in [6.07, 6.45) is 0.